The second-order valence-corrected chi connectivity index (χ2v) is 4.85. The Bertz CT molecular complexity index is 282. The average molecular weight is 229 g/mol. The molecule has 1 fully saturated rings. The highest BCUT2D eigenvalue weighted by molar-refractivity contribution is 5.90. The van der Waals surface area contributed by atoms with Gasteiger partial charge in [0.1, 0.15) is 18.2 Å². The van der Waals surface area contributed by atoms with Crippen molar-refractivity contribution in [2.24, 2.45) is 0 Å². The van der Waals surface area contributed by atoms with Gasteiger partial charge in [-0.05, 0) is 27.2 Å². The van der Waals surface area contributed by atoms with Crippen LogP contribution in [0.5, 0.6) is 0 Å². The van der Waals surface area contributed by atoms with E-state index in [0.717, 1.165) is 0 Å². The lowest BCUT2D eigenvalue weighted by Crippen LogP contribution is -2.46. The number of carbonyl (C=O) groups is 2. The fourth-order valence-electron chi connectivity index (χ4n) is 1.54. The first-order valence-corrected chi connectivity index (χ1v) is 5.47. The molecule has 0 saturated carbocycles. The Morgan fingerprint density at radius 2 is 2.19 bits per heavy atom. The minimum absolute atomic E-state index is 0.0684. The van der Waals surface area contributed by atoms with Crippen molar-refractivity contribution in [2.75, 3.05) is 6.61 Å². The molecule has 16 heavy (non-hydrogen) atoms. The van der Waals surface area contributed by atoms with Gasteiger partial charge in [0.05, 0.1) is 6.10 Å². The Labute approximate surface area is 95.5 Å². The van der Waals surface area contributed by atoms with E-state index in [4.69, 9.17) is 9.47 Å². The van der Waals surface area contributed by atoms with E-state index in [1.54, 1.807) is 20.8 Å². The molecule has 1 aliphatic heterocycles. The monoisotopic (exact) mass is 229 g/mol. The molecule has 0 aliphatic carbocycles. The largest absolute Gasteiger partial charge is 0.444 e. The van der Waals surface area contributed by atoms with E-state index in [2.05, 4.69) is 5.32 Å². The van der Waals surface area contributed by atoms with Crippen LogP contribution in [0.1, 0.15) is 34.1 Å². The maximum atomic E-state index is 11.5. The fraction of sp³-hybridized carbons (Fsp3) is 0.818. The first-order valence-electron chi connectivity index (χ1n) is 5.47. The van der Waals surface area contributed by atoms with Crippen molar-refractivity contribution in [3.8, 4) is 0 Å². The summed E-state index contributed by atoms with van der Waals surface area (Å²) >= 11 is 0. The highest BCUT2D eigenvalue weighted by Gasteiger charge is 2.36. The second-order valence-electron chi connectivity index (χ2n) is 4.85. The molecule has 0 aromatic rings. The molecule has 0 bridgehead atoms. The van der Waals surface area contributed by atoms with Gasteiger partial charge in [0, 0.05) is 0 Å². The van der Waals surface area contributed by atoms with E-state index in [0.29, 0.717) is 6.42 Å². The van der Waals surface area contributed by atoms with Crippen LogP contribution in [0.15, 0.2) is 0 Å². The summed E-state index contributed by atoms with van der Waals surface area (Å²) in [5, 5.41) is 2.55. The number of nitrogens with one attached hydrogen (secondary N) is 1. The molecular formula is C11H19NO4. The lowest BCUT2D eigenvalue weighted by Gasteiger charge is -2.22. The minimum Gasteiger partial charge on any atom is -0.444 e. The van der Waals surface area contributed by atoms with E-state index in [9.17, 15) is 9.59 Å². The van der Waals surface area contributed by atoms with Gasteiger partial charge in [-0.25, -0.2) is 4.79 Å². The number of alkyl carbamates (subject to hydrolysis) is 1. The van der Waals surface area contributed by atoms with E-state index < -0.39 is 17.7 Å². The normalized spacial score (nSPS) is 25.6. The summed E-state index contributed by atoms with van der Waals surface area (Å²) in [7, 11) is 0. The molecule has 1 N–H and O–H groups in total. The molecule has 1 aliphatic rings. The molecule has 5 heteroatoms. The van der Waals surface area contributed by atoms with Crippen LogP contribution >= 0.6 is 0 Å². The predicted molar refractivity (Wildman–Crippen MR) is 58.2 cm³/mol. The zero-order valence-corrected chi connectivity index (χ0v) is 10.2. The average Bonchev–Trinajstić information content (AvgIpc) is 2.44. The molecule has 0 aromatic carbocycles. The van der Waals surface area contributed by atoms with Gasteiger partial charge in [0.15, 0.2) is 5.78 Å². The van der Waals surface area contributed by atoms with Crippen LogP contribution < -0.4 is 5.32 Å². The number of hydrogen-bond donors (Lipinski definition) is 1. The number of amides is 1. The van der Waals surface area contributed by atoms with Crippen LogP contribution in [0.3, 0.4) is 0 Å². The van der Waals surface area contributed by atoms with Crippen LogP contribution in [0.4, 0.5) is 4.79 Å². The van der Waals surface area contributed by atoms with Gasteiger partial charge in [0.2, 0.25) is 0 Å². The maximum Gasteiger partial charge on any atom is 0.408 e. The van der Waals surface area contributed by atoms with Crippen molar-refractivity contribution in [2.45, 2.75) is 51.9 Å². The zero-order valence-electron chi connectivity index (χ0n) is 10.2. The smallest absolute Gasteiger partial charge is 0.408 e. The number of ether oxygens (including phenoxy) is 2. The standard InChI is InChI=1S/C11H19NO4/c1-5-8-9(7(13)6-15-8)12-10(14)16-11(2,3)4/h8-9H,5-6H2,1-4H3,(H,12,14)/t8-,9+/m0/s1. The summed E-state index contributed by atoms with van der Waals surface area (Å²) in [5.74, 6) is -0.0993. The van der Waals surface area contributed by atoms with Gasteiger partial charge in [0.25, 0.3) is 0 Å². The lowest BCUT2D eigenvalue weighted by molar-refractivity contribution is -0.119. The molecular weight excluding hydrogens is 210 g/mol. The van der Waals surface area contributed by atoms with Crippen molar-refractivity contribution >= 4 is 11.9 Å². The third kappa shape index (κ3) is 3.48. The molecule has 0 spiro atoms. The van der Waals surface area contributed by atoms with Crippen molar-refractivity contribution in [3.05, 3.63) is 0 Å². The van der Waals surface area contributed by atoms with Crippen molar-refractivity contribution in [3.63, 3.8) is 0 Å². The minimum atomic E-state index is -0.574. The summed E-state index contributed by atoms with van der Waals surface area (Å²) in [6.45, 7) is 7.30. The van der Waals surface area contributed by atoms with E-state index >= 15 is 0 Å². The Morgan fingerprint density at radius 3 is 2.69 bits per heavy atom. The molecule has 0 radical (unpaired) electrons. The van der Waals surface area contributed by atoms with Gasteiger partial charge in [-0.1, -0.05) is 6.92 Å². The molecule has 0 aromatic heterocycles. The van der Waals surface area contributed by atoms with Crippen LogP contribution in [0, 0.1) is 0 Å². The summed E-state index contributed by atoms with van der Waals surface area (Å²) < 4.78 is 10.3. The highest BCUT2D eigenvalue weighted by Crippen LogP contribution is 2.14. The molecule has 0 unspecified atom stereocenters. The summed E-state index contributed by atoms with van der Waals surface area (Å²) in [6.07, 6.45) is -0.124. The van der Waals surface area contributed by atoms with Gasteiger partial charge in [-0.2, -0.15) is 0 Å². The number of hydrogen-bond acceptors (Lipinski definition) is 4. The predicted octanol–water partition coefficient (Wildman–Crippen LogP) is 1.26. The SMILES string of the molecule is CC[C@@H]1OCC(=O)[C@H]1NC(=O)OC(C)(C)C. The van der Waals surface area contributed by atoms with E-state index in [-0.39, 0.29) is 18.5 Å². The summed E-state index contributed by atoms with van der Waals surface area (Å²) in [4.78, 5) is 22.9. The number of ketones is 1. The molecule has 1 saturated heterocycles. The first-order chi connectivity index (χ1) is 7.33. The molecule has 5 nitrogen and oxygen atoms in total. The van der Waals surface area contributed by atoms with Gasteiger partial charge >= 0.3 is 6.09 Å². The second kappa shape index (κ2) is 4.82. The summed E-state index contributed by atoms with van der Waals surface area (Å²) in [6, 6.07) is -0.570. The molecule has 1 amide bonds. The molecule has 2 atom stereocenters. The Hall–Kier alpha value is -1.10. The zero-order chi connectivity index (χ0) is 12.3. The topological polar surface area (TPSA) is 64.6 Å². The van der Waals surface area contributed by atoms with Crippen molar-refractivity contribution < 1.29 is 19.1 Å². The Balaban J connectivity index is 2.52. The number of rotatable bonds is 2. The lowest BCUT2D eigenvalue weighted by atomic mass is 10.1. The van der Waals surface area contributed by atoms with Crippen molar-refractivity contribution in [1.29, 1.82) is 0 Å². The van der Waals surface area contributed by atoms with Gasteiger partial charge < -0.3 is 14.8 Å². The van der Waals surface area contributed by atoms with Crippen LogP contribution in [-0.4, -0.2) is 36.2 Å². The van der Waals surface area contributed by atoms with Crippen LogP contribution in [0.25, 0.3) is 0 Å². The Kier molecular flexibility index (Phi) is 3.91. The third-order valence-corrected chi connectivity index (χ3v) is 2.23. The van der Waals surface area contributed by atoms with Crippen LogP contribution in [-0.2, 0) is 14.3 Å². The van der Waals surface area contributed by atoms with Gasteiger partial charge in [-0.3, -0.25) is 4.79 Å². The van der Waals surface area contributed by atoms with Crippen LogP contribution in [0.2, 0.25) is 0 Å². The molecule has 1 heterocycles. The first kappa shape index (κ1) is 13.0. The quantitative estimate of drug-likeness (QED) is 0.774. The summed E-state index contributed by atoms with van der Waals surface area (Å²) in [5.41, 5.74) is -0.561. The maximum absolute atomic E-state index is 11.5. The Morgan fingerprint density at radius 1 is 1.56 bits per heavy atom. The third-order valence-electron chi connectivity index (χ3n) is 2.23. The van der Waals surface area contributed by atoms with Crippen molar-refractivity contribution in [1.82, 2.24) is 5.32 Å². The van der Waals surface area contributed by atoms with E-state index in [1.807, 2.05) is 6.92 Å². The molecule has 92 valence electrons. The number of Topliss-reactive ketones (excluding diaryl/α,β-unsaturated/α-hetero) is 1. The fourth-order valence-corrected chi connectivity index (χ4v) is 1.54. The highest BCUT2D eigenvalue weighted by atomic mass is 16.6. The van der Waals surface area contributed by atoms with Gasteiger partial charge in [-0.15, -0.1) is 0 Å². The van der Waals surface area contributed by atoms with E-state index in [1.165, 1.54) is 0 Å². The molecule has 1 rings (SSSR count). The number of carbonyl (C=O) groups excluding carboxylic acids is 2.